The molecule has 21 heavy (non-hydrogen) atoms. The number of rotatable bonds is 7. The van der Waals surface area contributed by atoms with Gasteiger partial charge >= 0.3 is 0 Å². The van der Waals surface area contributed by atoms with Gasteiger partial charge in [0, 0.05) is 31.3 Å². The van der Waals surface area contributed by atoms with Gasteiger partial charge < -0.3 is 10.4 Å². The summed E-state index contributed by atoms with van der Waals surface area (Å²) >= 11 is 0. The van der Waals surface area contributed by atoms with E-state index in [1.807, 2.05) is 0 Å². The molecular weight excluding hydrogens is 260 g/mol. The van der Waals surface area contributed by atoms with E-state index in [4.69, 9.17) is 0 Å². The van der Waals surface area contributed by atoms with Gasteiger partial charge in [-0.3, -0.25) is 4.90 Å². The highest BCUT2D eigenvalue weighted by Gasteiger charge is 2.29. The Bertz CT molecular complexity index is 393. The monoisotopic (exact) mass is 290 g/mol. The maximum atomic E-state index is 9.40. The van der Waals surface area contributed by atoms with Crippen LogP contribution in [-0.2, 0) is 6.54 Å². The number of hydrogen-bond acceptors (Lipinski definition) is 3. The van der Waals surface area contributed by atoms with E-state index in [0.29, 0.717) is 18.1 Å². The van der Waals surface area contributed by atoms with Gasteiger partial charge in [0.25, 0.3) is 0 Å². The first kappa shape index (κ1) is 16.5. The molecular formula is C18H30N2O. The zero-order valence-electron chi connectivity index (χ0n) is 13.5. The Morgan fingerprint density at radius 1 is 1.24 bits per heavy atom. The van der Waals surface area contributed by atoms with Gasteiger partial charge in [0.05, 0.1) is 0 Å². The molecule has 0 spiro atoms. The summed E-state index contributed by atoms with van der Waals surface area (Å²) in [6, 6.07) is 12.1. The average molecular weight is 290 g/mol. The summed E-state index contributed by atoms with van der Waals surface area (Å²) in [5.41, 5.74) is 1.39. The molecule has 2 atom stereocenters. The first-order valence-corrected chi connectivity index (χ1v) is 8.35. The third-order valence-electron chi connectivity index (χ3n) is 4.34. The van der Waals surface area contributed by atoms with Gasteiger partial charge in [-0.1, -0.05) is 50.6 Å². The van der Waals surface area contributed by atoms with E-state index < -0.39 is 0 Å². The minimum atomic E-state index is 0.264. The fourth-order valence-corrected chi connectivity index (χ4v) is 3.44. The third-order valence-corrected chi connectivity index (χ3v) is 4.34. The molecule has 1 aromatic rings. The fraction of sp³-hybridized carbons (Fsp3) is 0.667. The Labute approximate surface area is 129 Å². The molecule has 2 rings (SSSR count). The molecule has 3 nitrogen and oxygen atoms in total. The number of likely N-dealkylation sites (tertiary alicyclic amines) is 1. The van der Waals surface area contributed by atoms with E-state index in [-0.39, 0.29) is 6.61 Å². The van der Waals surface area contributed by atoms with Crippen molar-refractivity contribution in [2.24, 2.45) is 0 Å². The summed E-state index contributed by atoms with van der Waals surface area (Å²) in [5.74, 6) is 0. The van der Waals surface area contributed by atoms with Crippen molar-refractivity contribution in [3.63, 3.8) is 0 Å². The van der Waals surface area contributed by atoms with Crippen LogP contribution in [0.25, 0.3) is 0 Å². The lowest BCUT2D eigenvalue weighted by atomic mass is 9.92. The van der Waals surface area contributed by atoms with Crippen LogP contribution in [-0.4, -0.2) is 41.3 Å². The molecule has 3 heteroatoms. The van der Waals surface area contributed by atoms with E-state index in [2.05, 4.69) is 54.4 Å². The van der Waals surface area contributed by atoms with Crippen molar-refractivity contribution in [2.75, 3.05) is 13.2 Å². The van der Waals surface area contributed by atoms with Crippen LogP contribution in [0.3, 0.4) is 0 Å². The second kappa shape index (κ2) is 8.52. The van der Waals surface area contributed by atoms with Gasteiger partial charge in [-0.05, 0) is 31.4 Å². The molecule has 0 saturated carbocycles. The van der Waals surface area contributed by atoms with Gasteiger partial charge in [0.2, 0.25) is 0 Å². The molecule has 0 aromatic heterocycles. The maximum Gasteiger partial charge on any atom is 0.0446 e. The molecule has 1 heterocycles. The lowest BCUT2D eigenvalue weighted by Gasteiger charge is -2.41. The van der Waals surface area contributed by atoms with Crippen molar-refractivity contribution >= 4 is 0 Å². The molecule has 1 aliphatic rings. The zero-order valence-corrected chi connectivity index (χ0v) is 13.5. The van der Waals surface area contributed by atoms with Crippen molar-refractivity contribution in [1.82, 2.24) is 10.2 Å². The second-order valence-electron chi connectivity index (χ2n) is 6.46. The number of hydrogen-bond donors (Lipinski definition) is 2. The Hall–Kier alpha value is -0.900. The van der Waals surface area contributed by atoms with Gasteiger partial charge in [0.1, 0.15) is 0 Å². The van der Waals surface area contributed by atoms with E-state index in [1.165, 1.54) is 31.4 Å². The minimum absolute atomic E-state index is 0.264. The van der Waals surface area contributed by atoms with E-state index in [9.17, 15) is 5.11 Å². The van der Waals surface area contributed by atoms with Crippen molar-refractivity contribution in [3.05, 3.63) is 35.9 Å². The summed E-state index contributed by atoms with van der Waals surface area (Å²) in [6.07, 6.45) is 4.67. The van der Waals surface area contributed by atoms with Crippen LogP contribution in [0.2, 0.25) is 0 Å². The fourth-order valence-electron chi connectivity index (χ4n) is 3.44. The van der Waals surface area contributed by atoms with Crippen molar-refractivity contribution in [2.45, 2.75) is 64.2 Å². The van der Waals surface area contributed by atoms with Gasteiger partial charge in [-0.25, -0.2) is 0 Å². The van der Waals surface area contributed by atoms with Crippen LogP contribution >= 0.6 is 0 Å². The first-order chi connectivity index (χ1) is 10.2. The number of nitrogens with zero attached hydrogens (tertiary/aromatic N) is 1. The summed E-state index contributed by atoms with van der Waals surface area (Å²) in [7, 11) is 0. The van der Waals surface area contributed by atoms with E-state index >= 15 is 0 Å². The number of aliphatic hydroxyl groups excluding tert-OH is 1. The van der Waals surface area contributed by atoms with E-state index in [0.717, 1.165) is 13.0 Å². The van der Waals surface area contributed by atoms with Crippen molar-refractivity contribution in [3.8, 4) is 0 Å². The molecule has 1 fully saturated rings. The molecule has 0 amide bonds. The second-order valence-corrected chi connectivity index (χ2v) is 6.46. The highest BCUT2D eigenvalue weighted by atomic mass is 16.3. The Morgan fingerprint density at radius 2 is 2.00 bits per heavy atom. The molecule has 1 aromatic carbocycles. The molecule has 1 saturated heterocycles. The van der Waals surface area contributed by atoms with Crippen LogP contribution in [0, 0.1) is 0 Å². The lowest BCUT2D eigenvalue weighted by molar-refractivity contribution is 0.0917. The summed E-state index contributed by atoms with van der Waals surface area (Å²) < 4.78 is 0. The summed E-state index contributed by atoms with van der Waals surface area (Å²) in [6.45, 7) is 6.83. The Balaban J connectivity index is 2.05. The number of piperidine rings is 1. The van der Waals surface area contributed by atoms with Gasteiger partial charge in [-0.2, -0.15) is 0 Å². The van der Waals surface area contributed by atoms with Crippen LogP contribution in [0.4, 0.5) is 0 Å². The highest BCUT2D eigenvalue weighted by molar-refractivity contribution is 5.14. The maximum absolute atomic E-state index is 9.40. The number of nitrogens with one attached hydrogen (secondary N) is 1. The first-order valence-electron chi connectivity index (χ1n) is 8.35. The molecule has 0 bridgehead atoms. The summed E-state index contributed by atoms with van der Waals surface area (Å²) in [4.78, 5) is 2.61. The van der Waals surface area contributed by atoms with E-state index in [1.54, 1.807) is 0 Å². The smallest absolute Gasteiger partial charge is 0.0446 e. The van der Waals surface area contributed by atoms with Crippen LogP contribution in [0.15, 0.2) is 30.3 Å². The third kappa shape index (κ3) is 5.10. The predicted molar refractivity (Wildman–Crippen MR) is 88.3 cm³/mol. The number of aliphatic hydroxyl groups is 1. The Kier molecular flexibility index (Phi) is 6.68. The molecule has 0 radical (unpaired) electrons. The minimum Gasteiger partial charge on any atom is -0.396 e. The van der Waals surface area contributed by atoms with Crippen molar-refractivity contribution in [1.29, 1.82) is 0 Å². The molecule has 0 unspecified atom stereocenters. The van der Waals surface area contributed by atoms with Crippen LogP contribution in [0.5, 0.6) is 0 Å². The van der Waals surface area contributed by atoms with Crippen molar-refractivity contribution < 1.29 is 5.11 Å². The summed E-state index contributed by atoms with van der Waals surface area (Å²) in [5, 5.41) is 13.1. The SMILES string of the molecule is CC(C)N[C@@H](CCO)[C@H]1CCCCN1Cc1ccccc1. The predicted octanol–water partition coefficient (Wildman–Crippen LogP) is 2.79. The average Bonchev–Trinajstić information content (AvgIpc) is 2.48. The molecule has 1 aliphatic heterocycles. The quantitative estimate of drug-likeness (QED) is 0.810. The van der Waals surface area contributed by atoms with Gasteiger partial charge in [0.15, 0.2) is 0 Å². The lowest BCUT2D eigenvalue weighted by Crippen LogP contribution is -2.53. The topological polar surface area (TPSA) is 35.5 Å². The zero-order chi connectivity index (χ0) is 15.1. The largest absolute Gasteiger partial charge is 0.396 e. The molecule has 118 valence electrons. The van der Waals surface area contributed by atoms with Gasteiger partial charge in [-0.15, -0.1) is 0 Å². The Morgan fingerprint density at radius 3 is 2.67 bits per heavy atom. The molecule has 2 N–H and O–H groups in total. The van der Waals surface area contributed by atoms with Crippen LogP contribution < -0.4 is 5.32 Å². The standard InChI is InChI=1S/C18H30N2O/c1-15(2)19-17(11-13-21)18-10-6-7-12-20(18)14-16-8-4-3-5-9-16/h3-5,8-9,15,17-19,21H,6-7,10-14H2,1-2H3/t17-,18+/m0/s1. The normalized spacial score (nSPS) is 21.6. The highest BCUT2D eigenvalue weighted by Crippen LogP contribution is 2.23. The molecule has 0 aliphatic carbocycles. The number of benzene rings is 1. The van der Waals surface area contributed by atoms with Crippen LogP contribution in [0.1, 0.15) is 45.1 Å².